The van der Waals surface area contributed by atoms with Crippen LogP contribution in [-0.4, -0.2) is 36.2 Å². The smallest absolute Gasteiger partial charge is 0.223 e. The number of carbonyl (C=O) groups excluding carboxylic acids is 1. The summed E-state index contributed by atoms with van der Waals surface area (Å²) in [5.41, 5.74) is 1.99. The summed E-state index contributed by atoms with van der Waals surface area (Å²) < 4.78 is 0. The fourth-order valence-electron chi connectivity index (χ4n) is 3.70. The third kappa shape index (κ3) is 9.27. The molecule has 0 aliphatic carbocycles. The molecule has 1 aliphatic rings. The van der Waals surface area contributed by atoms with Crippen LogP contribution in [0.4, 0.5) is 5.69 Å². The van der Waals surface area contributed by atoms with Crippen LogP contribution in [0.5, 0.6) is 0 Å². The Balaban J connectivity index is 0.000000784. The Labute approximate surface area is 229 Å². The van der Waals surface area contributed by atoms with Gasteiger partial charge in [-0.05, 0) is 54.1 Å². The van der Waals surface area contributed by atoms with E-state index in [-0.39, 0.29) is 11.9 Å². The number of nitrogens with zero attached hydrogens (tertiary/aromatic N) is 2. The van der Waals surface area contributed by atoms with Gasteiger partial charge in [-0.3, -0.25) is 4.79 Å². The molecule has 1 saturated heterocycles. The molecule has 35 heavy (non-hydrogen) atoms. The minimum atomic E-state index is -0.0329. The fourth-order valence-corrected chi connectivity index (χ4v) is 5.00. The van der Waals surface area contributed by atoms with E-state index < -0.39 is 0 Å². The van der Waals surface area contributed by atoms with Crippen LogP contribution in [0, 0.1) is 0 Å². The maximum absolute atomic E-state index is 12.8. The lowest BCUT2D eigenvalue weighted by Gasteiger charge is -2.43. The van der Waals surface area contributed by atoms with Crippen LogP contribution in [0.2, 0.25) is 15.1 Å². The predicted octanol–water partition coefficient (Wildman–Crippen LogP) is 8.83. The molecule has 1 amide bonds. The van der Waals surface area contributed by atoms with E-state index in [4.69, 9.17) is 34.8 Å². The molecular formula is C28H33Cl3N2OS. The molecule has 0 aromatic heterocycles. The zero-order valence-electron chi connectivity index (χ0n) is 20.4. The Hall–Kier alpha value is -1.85. The Bertz CT molecular complexity index is 1020. The van der Waals surface area contributed by atoms with Crippen molar-refractivity contribution in [1.29, 1.82) is 0 Å². The largest absolute Gasteiger partial charge is 0.360 e. The van der Waals surface area contributed by atoms with Gasteiger partial charge in [-0.25, -0.2) is 0 Å². The second-order valence-electron chi connectivity index (χ2n) is 7.94. The zero-order chi connectivity index (χ0) is 25.8. The first-order chi connectivity index (χ1) is 16.8. The van der Waals surface area contributed by atoms with Crippen LogP contribution < -0.4 is 4.90 Å². The summed E-state index contributed by atoms with van der Waals surface area (Å²) in [6.07, 6.45) is 7.52. The molecule has 0 saturated carbocycles. The van der Waals surface area contributed by atoms with Gasteiger partial charge in [-0.2, -0.15) is 0 Å². The SMILES string of the molecule is C/C=C\CC.C=CC(=C)SCCC(=O)N1CCN(c2ccc(Cl)cc2Cl)C(c2ccc(Cl)cc2)C1. The number of benzene rings is 2. The van der Waals surface area contributed by atoms with Gasteiger partial charge in [0.05, 0.1) is 16.8 Å². The van der Waals surface area contributed by atoms with Crippen molar-refractivity contribution in [2.24, 2.45) is 0 Å². The van der Waals surface area contributed by atoms with Gasteiger partial charge in [0.2, 0.25) is 5.91 Å². The highest BCUT2D eigenvalue weighted by molar-refractivity contribution is 8.03. The Kier molecular flexibility index (Phi) is 12.8. The van der Waals surface area contributed by atoms with Crippen LogP contribution in [-0.2, 0) is 4.79 Å². The molecule has 7 heteroatoms. The highest BCUT2D eigenvalue weighted by Gasteiger charge is 2.31. The standard InChI is InChI=1S/C23H23Cl3N2OS.C5H10/c1-3-16(2)30-13-10-23(29)27-11-12-28(21-9-8-19(25)14-20(21)26)22(15-27)17-4-6-18(24)7-5-17;1-3-5-4-2/h3-9,14,22H,1-2,10-13,15H2;3,5H,4H2,1-2H3/b;5-3-. The summed E-state index contributed by atoms with van der Waals surface area (Å²) in [5, 5.41) is 1.87. The van der Waals surface area contributed by atoms with Gasteiger partial charge >= 0.3 is 0 Å². The van der Waals surface area contributed by atoms with Crippen molar-refractivity contribution >= 4 is 58.2 Å². The third-order valence-corrected chi connectivity index (χ3v) is 7.24. The number of hydrogen-bond acceptors (Lipinski definition) is 3. The summed E-state index contributed by atoms with van der Waals surface area (Å²) in [5.74, 6) is 0.832. The number of allylic oxidation sites excluding steroid dienone is 3. The van der Waals surface area contributed by atoms with Crippen molar-refractivity contribution in [2.75, 3.05) is 30.3 Å². The first-order valence-electron chi connectivity index (χ1n) is 11.6. The Morgan fingerprint density at radius 2 is 1.80 bits per heavy atom. The van der Waals surface area contributed by atoms with Crippen molar-refractivity contribution in [2.45, 2.75) is 32.7 Å². The molecule has 3 nitrogen and oxygen atoms in total. The average Bonchev–Trinajstić information content (AvgIpc) is 2.85. The monoisotopic (exact) mass is 550 g/mol. The molecule has 2 aromatic carbocycles. The molecule has 3 rings (SSSR count). The predicted molar refractivity (Wildman–Crippen MR) is 156 cm³/mol. The molecule has 0 spiro atoms. The Morgan fingerprint density at radius 1 is 1.11 bits per heavy atom. The summed E-state index contributed by atoms with van der Waals surface area (Å²) in [7, 11) is 0. The van der Waals surface area contributed by atoms with Crippen molar-refractivity contribution in [3.8, 4) is 0 Å². The second kappa shape index (κ2) is 15.3. The van der Waals surface area contributed by atoms with Gasteiger partial charge in [0.15, 0.2) is 0 Å². The minimum Gasteiger partial charge on any atom is -0.360 e. The van der Waals surface area contributed by atoms with Gasteiger partial charge in [0.25, 0.3) is 0 Å². The van der Waals surface area contributed by atoms with E-state index in [2.05, 4.69) is 37.1 Å². The highest BCUT2D eigenvalue weighted by Crippen LogP contribution is 2.37. The Morgan fingerprint density at radius 3 is 2.37 bits per heavy atom. The first-order valence-corrected chi connectivity index (χ1v) is 13.7. The number of halogens is 3. The topological polar surface area (TPSA) is 23.6 Å². The molecule has 1 atom stereocenters. The molecule has 1 fully saturated rings. The molecule has 1 heterocycles. The van der Waals surface area contributed by atoms with Crippen molar-refractivity contribution in [3.63, 3.8) is 0 Å². The van der Waals surface area contributed by atoms with Crippen LogP contribution in [0.1, 0.15) is 38.3 Å². The molecule has 0 bridgehead atoms. The minimum absolute atomic E-state index is 0.0329. The normalized spacial score (nSPS) is 15.5. The molecule has 188 valence electrons. The summed E-state index contributed by atoms with van der Waals surface area (Å²) in [6.45, 7) is 13.6. The van der Waals surface area contributed by atoms with E-state index in [1.165, 1.54) is 0 Å². The van der Waals surface area contributed by atoms with E-state index in [0.29, 0.717) is 46.9 Å². The number of thioether (sulfide) groups is 1. The number of amides is 1. The van der Waals surface area contributed by atoms with Crippen LogP contribution in [0.25, 0.3) is 0 Å². The van der Waals surface area contributed by atoms with Crippen molar-refractivity contribution in [3.05, 3.63) is 99.4 Å². The molecular weight excluding hydrogens is 519 g/mol. The second-order valence-corrected chi connectivity index (χ2v) is 10.4. The van der Waals surface area contributed by atoms with E-state index >= 15 is 0 Å². The third-order valence-electron chi connectivity index (χ3n) is 5.51. The molecule has 1 unspecified atom stereocenters. The van der Waals surface area contributed by atoms with E-state index in [9.17, 15) is 4.79 Å². The van der Waals surface area contributed by atoms with Gasteiger partial charge < -0.3 is 9.80 Å². The maximum Gasteiger partial charge on any atom is 0.223 e. The quantitative estimate of drug-likeness (QED) is 0.242. The lowest BCUT2D eigenvalue weighted by atomic mass is 10.0. The molecule has 1 aliphatic heterocycles. The number of carbonyl (C=O) groups is 1. The fraction of sp³-hybridized carbons (Fsp3) is 0.321. The van der Waals surface area contributed by atoms with Gasteiger partial charge in [0, 0.05) is 41.9 Å². The highest BCUT2D eigenvalue weighted by atomic mass is 35.5. The number of rotatable bonds is 8. The maximum atomic E-state index is 12.8. The van der Waals surface area contributed by atoms with E-state index in [0.717, 1.165) is 22.6 Å². The van der Waals surface area contributed by atoms with Gasteiger partial charge in [-0.15, -0.1) is 11.8 Å². The number of piperazine rings is 1. The summed E-state index contributed by atoms with van der Waals surface area (Å²) in [4.78, 5) is 17.9. The van der Waals surface area contributed by atoms with E-state index in [1.807, 2.05) is 48.2 Å². The van der Waals surface area contributed by atoms with Crippen LogP contribution in [0.15, 0.2) is 78.8 Å². The lowest BCUT2D eigenvalue weighted by Crippen LogP contribution is -2.50. The van der Waals surface area contributed by atoms with Crippen molar-refractivity contribution in [1.82, 2.24) is 4.90 Å². The van der Waals surface area contributed by atoms with Crippen LogP contribution >= 0.6 is 46.6 Å². The molecule has 0 radical (unpaired) electrons. The lowest BCUT2D eigenvalue weighted by molar-refractivity contribution is -0.131. The summed E-state index contributed by atoms with van der Waals surface area (Å²) in [6, 6.07) is 13.2. The number of hydrogen-bond donors (Lipinski definition) is 0. The molecule has 0 N–H and O–H groups in total. The number of anilines is 1. The summed E-state index contributed by atoms with van der Waals surface area (Å²) >= 11 is 20.2. The van der Waals surface area contributed by atoms with Gasteiger partial charge in [-0.1, -0.05) is 85.2 Å². The van der Waals surface area contributed by atoms with Crippen LogP contribution in [0.3, 0.4) is 0 Å². The van der Waals surface area contributed by atoms with Gasteiger partial charge in [0.1, 0.15) is 0 Å². The first kappa shape index (κ1) is 29.4. The average molecular weight is 552 g/mol. The van der Waals surface area contributed by atoms with E-state index in [1.54, 1.807) is 23.9 Å². The molecule has 2 aromatic rings. The zero-order valence-corrected chi connectivity index (χ0v) is 23.4. The van der Waals surface area contributed by atoms with Crippen molar-refractivity contribution < 1.29 is 4.79 Å².